The monoisotopic (exact) mass is 471 g/mol. The van der Waals surface area contributed by atoms with E-state index in [1.807, 2.05) is 41.3 Å². The Morgan fingerprint density at radius 3 is 2.24 bits per heavy atom. The van der Waals surface area contributed by atoms with E-state index >= 15 is 0 Å². The van der Waals surface area contributed by atoms with Crippen LogP contribution in [-0.4, -0.2) is 73.6 Å². The highest BCUT2D eigenvalue weighted by Crippen LogP contribution is 2.36. The van der Waals surface area contributed by atoms with Gasteiger partial charge in [0.15, 0.2) is 0 Å². The van der Waals surface area contributed by atoms with Gasteiger partial charge in [-0.3, -0.25) is 9.59 Å². The molecule has 0 aromatic heterocycles. The van der Waals surface area contributed by atoms with Gasteiger partial charge in [0.25, 0.3) is 5.91 Å². The maximum absolute atomic E-state index is 13.3. The molecule has 178 valence electrons. The number of amides is 2. The zero-order chi connectivity index (χ0) is 22.6. The Morgan fingerprint density at radius 2 is 1.64 bits per heavy atom. The average molecular weight is 472 g/mol. The van der Waals surface area contributed by atoms with Crippen molar-refractivity contribution in [2.75, 3.05) is 45.2 Å². The molecule has 0 radical (unpaired) electrons. The van der Waals surface area contributed by atoms with Crippen molar-refractivity contribution in [1.29, 1.82) is 0 Å². The topological polar surface area (TPSA) is 53.1 Å². The van der Waals surface area contributed by atoms with Crippen molar-refractivity contribution in [3.63, 3.8) is 0 Å². The van der Waals surface area contributed by atoms with Gasteiger partial charge in [0.1, 0.15) is 6.10 Å². The highest BCUT2D eigenvalue weighted by molar-refractivity contribution is 5.99. The van der Waals surface area contributed by atoms with E-state index in [0.717, 1.165) is 44.6 Å². The summed E-state index contributed by atoms with van der Waals surface area (Å²) in [4.78, 5) is 31.5. The maximum atomic E-state index is 13.3. The molecule has 0 saturated carbocycles. The number of rotatable bonds is 6. The zero-order valence-electron chi connectivity index (χ0n) is 19.5. The van der Waals surface area contributed by atoms with Crippen LogP contribution in [0.3, 0.4) is 0 Å². The summed E-state index contributed by atoms with van der Waals surface area (Å²) >= 11 is 0. The fourth-order valence-electron chi connectivity index (χ4n) is 4.62. The second kappa shape index (κ2) is 11.1. The summed E-state index contributed by atoms with van der Waals surface area (Å²) in [6.45, 7) is 3.41. The molecule has 33 heavy (non-hydrogen) atoms. The number of carbonyl (C=O) groups is 2. The highest BCUT2D eigenvalue weighted by atomic mass is 35.5. The Morgan fingerprint density at radius 1 is 1.03 bits per heavy atom. The van der Waals surface area contributed by atoms with Crippen LogP contribution in [0.15, 0.2) is 60.7 Å². The second-order valence-electron chi connectivity index (χ2n) is 9.12. The van der Waals surface area contributed by atoms with Crippen molar-refractivity contribution in [3.8, 4) is 0 Å². The maximum Gasteiger partial charge on any atom is 0.256 e. The molecule has 2 fully saturated rings. The van der Waals surface area contributed by atoms with Crippen molar-refractivity contribution >= 4 is 29.9 Å². The molecular formula is C26H34ClN3O3. The van der Waals surface area contributed by atoms with Gasteiger partial charge in [-0.15, -0.1) is 12.4 Å². The van der Waals surface area contributed by atoms with E-state index in [2.05, 4.69) is 29.2 Å². The summed E-state index contributed by atoms with van der Waals surface area (Å²) in [5.74, 6) is -0.211. The van der Waals surface area contributed by atoms with Crippen LogP contribution in [0.4, 0.5) is 5.69 Å². The smallest absolute Gasteiger partial charge is 0.256 e. The van der Waals surface area contributed by atoms with Gasteiger partial charge in [0.2, 0.25) is 5.91 Å². The van der Waals surface area contributed by atoms with Gasteiger partial charge in [0.05, 0.1) is 18.6 Å². The molecule has 2 aliphatic heterocycles. The number of anilines is 1. The van der Waals surface area contributed by atoms with Crippen LogP contribution in [0.1, 0.15) is 24.8 Å². The van der Waals surface area contributed by atoms with Crippen molar-refractivity contribution < 1.29 is 14.3 Å². The Labute approximate surface area is 202 Å². The van der Waals surface area contributed by atoms with Gasteiger partial charge >= 0.3 is 0 Å². The number of carbonyl (C=O) groups excluding carboxylic acids is 2. The third-order valence-corrected chi connectivity index (χ3v) is 6.63. The summed E-state index contributed by atoms with van der Waals surface area (Å²) in [5.41, 5.74) is 1.81. The Balaban J connectivity index is 0.00000306. The van der Waals surface area contributed by atoms with Crippen molar-refractivity contribution in [2.24, 2.45) is 0 Å². The number of hydrogen-bond acceptors (Lipinski definition) is 4. The van der Waals surface area contributed by atoms with Crippen LogP contribution in [0.25, 0.3) is 0 Å². The number of halogens is 1. The van der Waals surface area contributed by atoms with Gasteiger partial charge in [0, 0.05) is 39.4 Å². The molecule has 1 spiro atoms. The first-order valence-corrected chi connectivity index (χ1v) is 11.5. The molecular weight excluding hydrogens is 438 g/mol. The number of para-hydroxylation sites is 1. The fourth-order valence-corrected chi connectivity index (χ4v) is 4.62. The van der Waals surface area contributed by atoms with E-state index in [9.17, 15) is 9.59 Å². The number of morpholine rings is 1. The fraction of sp³-hybridized carbons (Fsp3) is 0.462. The molecule has 0 bridgehead atoms. The largest absolute Gasteiger partial charge is 0.359 e. The predicted molar refractivity (Wildman–Crippen MR) is 133 cm³/mol. The van der Waals surface area contributed by atoms with Crippen molar-refractivity contribution in [1.82, 2.24) is 9.80 Å². The molecule has 2 saturated heterocycles. The van der Waals surface area contributed by atoms with Crippen LogP contribution in [-0.2, 0) is 20.7 Å². The average Bonchev–Trinajstić information content (AvgIpc) is 2.82. The van der Waals surface area contributed by atoms with E-state index in [1.165, 1.54) is 10.5 Å². The molecule has 2 aromatic carbocycles. The van der Waals surface area contributed by atoms with Gasteiger partial charge < -0.3 is 19.4 Å². The number of nitrogens with zero attached hydrogens (tertiary/aromatic N) is 3. The van der Waals surface area contributed by atoms with Crippen LogP contribution in [0.5, 0.6) is 0 Å². The normalized spacial score (nSPS) is 20.4. The van der Waals surface area contributed by atoms with Crippen molar-refractivity contribution in [2.45, 2.75) is 37.4 Å². The van der Waals surface area contributed by atoms with Gasteiger partial charge in [-0.2, -0.15) is 0 Å². The van der Waals surface area contributed by atoms with Crippen LogP contribution in [0, 0.1) is 0 Å². The van der Waals surface area contributed by atoms with Crippen LogP contribution < -0.4 is 4.90 Å². The quantitative estimate of drug-likeness (QED) is 0.648. The molecule has 1 unspecified atom stereocenters. The summed E-state index contributed by atoms with van der Waals surface area (Å²) < 4.78 is 6.45. The number of hydrogen-bond donors (Lipinski definition) is 0. The summed E-state index contributed by atoms with van der Waals surface area (Å²) in [6, 6.07) is 20.3. The Kier molecular flexibility index (Phi) is 8.51. The molecule has 6 nitrogen and oxygen atoms in total. The Hall–Kier alpha value is -2.41. The van der Waals surface area contributed by atoms with Crippen LogP contribution >= 0.6 is 12.4 Å². The number of benzene rings is 2. The van der Waals surface area contributed by atoms with E-state index in [1.54, 1.807) is 14.1 Å². The van der Waals surface area contributed by atoms with E-state index in [0.29, 0.717) is 6.54 Å². The molecule has 2 heterocycles. The van der Waals surface area contributed by atoms with Crippen LogP contribution in [0.2, 0.25) is 0 Å². The van der Waals surface area contributed by atoms with Gasteiger partial charge in [-0.1, -0.05) is 48.5 Å². The van der Waals surface area contributed by atoms with Gasteiger partial charge in [-0.25, -0.2) is 0 Å². The third kappa shape index (κ3) is 6.14. The molecule has 7 heteroatoms. The lowest BCUT2D eigenvalue weighted by molar-refractivity contribution is -0.169. The number of ether oxygens (including phenoxy) is 1. The minimum Gasteiger partial charge on any atom is -0.359 e. The standard InChI is InChI=1S/C26H33N3O3.ClH/c1-27(2)24(30)19-23-25(31)29(22-11-7-4-8-12-22)20-26(32-23)14-17-28(18-15-26)16-13-21-9-5-3-6-10-21;/h3-12,23H,13-20H2,1-2H3;1H. The highest BCUT2D eigenvalue weighted by Gasteiger charge is 2.47. The van der Waals surface area contributed by atoms with E-state index in [4.69, 9.17) is 4.74 Å². The van der Waals surface area contributed by atoms with E-state index in [-0.39, 0.29) is 30.6 Å². The van der Waals surface area contributed by atoms with E-state index < -0.39 is 11.7 Å². The lowest BCUT2D eigenvalue weighted by Crippen LogP contribution is -2.62. The zero-order valence-corrected chi connectivity index (χ0v) is 20.3. The minimum atomic E-state index is -0.741. The minimum absolute atomic E-state index is 0. The summed E-state index contributed by atoms with van der Waals surface area (Å²) in [6.07, 6.45) is 2.07. The summed E-state index contributed by atoms with van der Waals surface area (Å²) in [7, 11) is 3.43. The first kappa shape index (κ1) is 25.2. The molecule has 2 aliphatic rings. The number of likely N-dealkylation sites (tertiary alicyclic amines) is 1. The SMILES string of the molecule is CN(C)C(=O)CC1OC2(CCN(CCc3ccccc3)CC2)CN(c2ccccc2)C1=O.Cl. The molecule has 2 aromatic rings. The second-order valence-corrected chi connectivity index (χ2v) is 9.12. The molecule has 2 amide bonds. The molecule has 0 aliphatic carbocycles. The Bertz CT molecular complexity index is 915. The lowest BCUT2D eigenvalue weighted by Gasteiger charge is -2.49. The first-order chi connectivity index (χ1) is 15.5. The number of piperidine rings is 1. The molecule has 4 rings (SSSR count). The molecule has 0 N–H and O–H groups in total. The molecule has 1 atom stereocenters. The summed E-state index contributed by atoms with van der Waals surface area (Å²) in [5, 5.41) is 0. The first-order valence-electron chi connectivity index (χ1n) is 11.5. The third-order valence-electron chi connectivity index (χ3n) is 6.63. The predicted octanol–water partition coefficient (Wildman–Crippen LogP) is 3.40. The van der Waals surface area contributed by atoms with Crippen molar-refractivity contribution in [3.05, 3.63) is 66.2 Å². The lowest BCUT2D eigenvalue weighted by atomic mass is 9.87. The van der Waals surface area contributed by atoms with Gasteiger partial charge in [-0.05, 0) is 37.0 Å².